The van der Waals surface area contributed by atoms with Crippen LogP contribution in [0.15, 0.2) is 24.5 Å². The van der Waals surface area contributed by atoms with Crippen LogP contribution in [0.3, 0.4) is 0 Å². The Morgan fingerprint density at radius 2 is 1.36 bits per heavy atom. The molecule has 4 rings (SSSR count). The molecule has 2 aliphatic rings. The van der Waals surface area contributed by atoms with Gasteiger partial charge in [-0.2, -0.15) is 0 Å². The third-order valence-electron chi connectivity index (χ3n) is 4.58. The van der Waals surface area contributed by atoms with Gasteiger partial charge >= 0.3 is 0 Å². The molecule has 0 aliphatic carbocycles. The number of hydrogen-bond acceptors (Lipinski definition) is 8. The Labute approximate surface area is 147 Å². The molecule has 0 spiro atoms. The first-order valence-corrected chi connectivity index (χ1v) is 8.75. The number of hydrogen-bond donors (Lipinski definition) is 0. The Morgan fingerprint density at radius 1 is 0.800 bits per heavy atom. The first kappa shape index (κ1) is 16.0. The third-order valence-corrected chi connectivity index (χ3v) is 4.58. The summed E-state index contributed by atoms with van der Waals surface area (Å²) in [7, 11) is 0. The van der Waals surface area contributed by atoms with Crippen LogP contribution in [0.25, 0.3) is 0 Å². The second-order valence-electron chi connectivity index (χ2n) is 6.25. The third kappa shape index (κ3) is 3.63. The van der Waals surface area contributed by atoms with Crippen molar-refractivity contribution in [2.45, 2.75) is 6.92 Å². The van der Waals surface area contributed by atoms with Crippen LogP contribution < -0.4 is 14.7 Å². The van der Waals surface area contributed by atoms with Crippen molar-refractivity contribution in [1.82, 2.24) is 19.9 Å². The van der Waals surface area contributed by atoms with Gasteiger partial charge < -0.3 is 19.4 Å². The van der Waals surface area contributed by atoms with Gasteiger partial charge in [-0.25, -0.2) is 19.9 Å². The maximum Gasteiger partial charge on any atom is 0.225 e. The van der Waals surface area contributed by atoms with Crippen molar-refractivity contribution in [2.75, 3.05) is 67.2 Å². The number of anilines is 3. The van der Waals surface area contributed by atoms with Crippen LogP contribution in [0.1, 0.15) is 5.82 Å². The standard InChI is InChI=1S/C17H23N7O/c1-14-20-15(13-16(21-14)23-9-11-25-12-10-23)22-5-7-24(8-6-22)17-18-3-2-4-19-17/h2-4,13H,5-12H2,1H3. The van der Waals surface area contributed by atoms with Gasteiger partial charge in [0.2, 0.25) is 5.95 Å². The van der Waals surface area contributed by atoms with E-state index in [0.717, 1.165) is 75.9 Å². The lowest BCUT2D eigenvalue weighted by atomic mass is 10.3. The lowest BCUT2D eigenvalue weighted by Crippen LogP contribution is -2.47. The van der Waals surface area contributed by atoms with Crippen LogP contribution in [0.4, 0.5) is 17.6 Å². The van der Waals surface area contributed by atoms with Crippen molar-refractivity contribution in [2.24, 2.45) is 0 Å². The van der Waals surface area contributed by atoms with Gasteiger partial charge in [-0.3, -0.25) is 0 Å². The Morgan fingerprint density at radius 3 is 2.00 bits per heavy atom. The van der Waals surface area contributed by atoms with Gasteiger partial charge in [0.05, 0.1) is 13.2 Å². The maximum absolute atomic E-state index is 5.44. The fourth-order valence-corrected chi connectivity index (χ4v) is 3.24. The van der Waals surface area contributed by atoms with E-state index in [0.29, 0.717) is 0 Å². The zero-order chi connectivity index (χ0) is 17.1. The molecule has 0 unspecified atom stereocenters. The zero-order valence-electron chi connectivity index (χ0n) is 14.5. The quantitative estimate of drug-likeness (QED) is 0.810. The Hall–Kier alpha value is -2.48. The van der Waals surface area contributed by atoms with Crippen LogP contribution in [0.2, 0.25) is 0 Å². The Balaban J connectivity index is 1.46. The van der Waals surface area contributed by atoms with Crippen molar-refractivity contribution in [3.8, 4) is 0 Å². The summed E-state index contributed by atoms with van der Waals surface area (Å²) >= 11 is 0. The molecule has 0 radical (unpaired) electrons. The summed E-state index contributed by atoms with van der Waals surface area (Å²) in [5.74, 6) is 3.62. The first-order valence-electron chi connectivity index (χ1n) is 8.75. The summed E-state index contributed by atoms with van der Waals surface area (Å²) in [5.41, 5.74) is 0. The minimum atomic E-state index is 0.758. The predicted octanol–water partition coefficient (Wildman–Crippen LogP) is 0.738. The average molecular weight is 341 g/mol. The smallest absolute Gasteiger partial charge is 0.225 e. The molecule has 8 heteroatoms. The second kappa shape index (κ2) is 7.18. The van der Waals surface area contributed by atoms with E-state index in [4.69, 9.17) is 4.74 Å². The van der Waals surface area contributed by atoms with Gasteiger partial charge in [-0.15, -0.1) is 0 Å². The summed E-state index contributed by atoms with van der Waals surface area (Å²) in [4.78, 5) is 24.8. The molecule has 0 N–H and O–H groups in total. The van der Waals surface area contributed by atoms with Gasteiger partial charge in [0, 0.05) is 57.7 Å². The number of aryl methyl sites for hydroxylation is 1. The van der Waals surface area contributed by atoms with Crippen LogP contribution in [-0.2, 0) is 4.74 Å². The van der Waals surface area contributed by atoms with E-state index in [1.54, 1.807) is 12.4 Å². The van der Waals surface area contributed by atoms with Crippen molar-refractivity contribution in [3.05, 3.63) is 30.4 Å². The fraction of sp³-hybridized carbons (Fsp3) is 0.529. The molecule has 2 aromatic rings. The highest BCUT2D eigenvalue weighted by atomic mass is 16.5. The number of morpholine rings is 1. The number of aromatic nitrogens is 4. The molecule has 0 bridgehead atoms. The molecule has 2 saturated heterocycles. The van der Waals surface area contributed by atoms with Gasteiger partial charge in [-0.05, 0) is 13.0 Å². The molecule has 132 valence electrons. The van der Waals surface area contributed by atoms with Crippen LogP contribution in [0, 0.1) is 6.92 Å². The van der Waals surface area contributed by atoms with Crippen LogP contribution in [-0.4, -0.2) is 72.4 Å². The maximum atomic E-state index is 5.44. The summed E-state index contributed by atoms with van der Waals surface area (Å²) < 4.78 is 5.44. The van der Waals surface area contributed by atoms with E-state index in [-0.39, 0.29) is 0 Å². The van der Waals surface area contributed by atoms with E-state index in [2.05, 4.69) is 40.7 Å². The molecular weight excluding hydrogens is 318 g/mol. The van der Waals surface area contributed by atoms with E-state index >= 15 is 0 Å². The monoisotopic (exact) mass is 341 g/mol. The van der Waals surface area contributed by atoms with E-state index in [9.17, 15) is 0 Å². The lowest BCUT2D eigenvalue weighted by molar-refractivity contribution is 0.122. The SMILES string of the molecule is Cc1nc(N2CCOCC2)cc(N2CCN(c3ncccn3)CC2)n1. The molecule has 0 saturated carbocycles. The molecule has 2 aliphatic heterocycles. The molecule has 0 amide bonds. The van der Waals surface area contributed by atoms with E-state index < -0.39 is 0 Å². The highest BCUT2D eigenvalue weighted by Crippen LogP contribution is 2.22. The van der Waals surface area contributed by atoms with Crippen molar-refractivity contribution in [1.29, 1.82) is 0 Å². The minimum Gasteiger partial charge on any atom is -0.378 e. The molecule has 2 fully saturated rings. The summed E-state index contributed by atoms with van der Waals surface area (Å²) in [5, 5.41) is 0. The summed E-state index contributed by atoms with van der Waals surface area (Å²) in [6.07, 6.45) is 3.58. The van der Waals surface area contributed by atoms with Gasteiger partial charge in [0.1, 0.15) is 17.5 Å². The zero-order valence-corrected chi connectivity index (χ0v) is 14.5. The molecule has 8 nitrogen and oxygen atoms in total. The highest BCUT2D eigenvalue weighted by molar-refractivity contribution is 5.52. The van der Waals surface area contributed by atoms with Crippen molar-refractivity contribution < 1.29 is 4.74 Å². The molecular formula is C17H23N7O. The van der Waals surface area contributed by atoms with Gasteiger partial charge in [-0.1, -0.05) is 0 Å². The largest absolute Gasteiger partial charge is 0.378 e. The average Bonchev–Trinajstić information content (AvgIpc) is 2.69. The minimum absolute atomic E-state index is 0.758. The van der Waals surface area contributed by atoms with Crippen molar-refractivity contribution in [3.63, 3.8) is 0 Å². The van der Waals surface area contributed by atoms with Gasteiger partial charge in [0.25, 0.3) is 0 Å². The van der Waals surface area contributed by atoms with Crippen LogP contribution in [0.5, 0.6) is 0 Å². The molecule has 0 aromatic carbocycles. The predicted molar refractivity (Wildman–Crippen MR) is 96.3 cm³/mol. The molecule has 2 aromatic heterocycles. The lowest BCUT2D eigenvalue weighted by Gasteiger charge is -2.36. The molecule has 0 atom stereocenters. The van der Waals surface area contributed by atoms with E-state index in [1.165, 1.54) is 0 Å². The Bertz CT molecular complexity index is 697. The Kier molecular flexibility index (Phi) is 4.60. The second-order valence-corrected chi connectivity index (χ2v) is 6.25. The molecule has 25 heavy (non-hydrogen) atoms. The van der Waals surface area contributed by atoms with Crippen LogP contribution >= 0.6 is 0 Å². The fourth-order valence-electron chi connectivity index (χ4n) is 3.24. The topological polar surface area (TPSA) is 70.5 Å². The first-order chi connectivity index (χ1) is 12.3. The number of nitrogens with zero attached hydrogens (tertiary/aromatic N) is 7. The number of piperazine rings is 1. The van der Waals surface area contributed by atoms with Gasteiger partial charge in [0.15, 0.2) is 0 Å². The number of rotatable bonds is 3. The highest BCUT2D eigenvalue weighted by Gasteiger charge is 2.22. The molecule has 4 heterocycles. The van der Waals surface area contributed by atoms with Crippen molar-refractivity contribution >= 4 is 17.6 Å². The summed E-state index contributed by atoms with van der Waals surface area (Å²) in [6, 6.07) is 3.95. The van der Waals surface area contributed by atoms with E-state index in [1.807, 2.05) is 13.0 Å². The number of ether oxygens (including phenoxy) is 1. The normalized spacial score (nSPS) is 18.5. The summed E-state index contributed by atoms with van der Waals surface area (Å²) in [6.45, 7) is 8.82.